The normalized spacial score (nSPS) is 12.5. The van der Waals surface area contributed by atoms with Crippen LogP contribution in [0.25, 0.3) is 0 Å². The predicted molar refractivity (Wildman–Crippen MR) is 100.0 cm³/mol. The van der Waals surface area contributed by atoms with Gasteiger partial charge in [-0.2, -0.15) is 0 Å². The largest absolute Gasteiger partial charge is 0.495 e. The fourth-order valence-electron chi connectivity index (χ4n) is 3.13. The van der Waals surface area contributed by atoms with E-state index in [0.29, 0.717) is 55.3 Å². The summed E-state index contributed by atoms with van der Waals surface area (Å²) in [4.78, 5) is 12.9. The Bertz CT molecular complexity index is 950. The molecule has 0 N–H and O–H groups in total. The molecule has 138 valence electrons. The Balaban J connectivity index is 2.38. The number of rotatable bonds is 2. The van der Waals surface area contributed by atoms with Gasteiger partial charge >= 0.3 is 5.97 Å². The van der Waals surface area contributed by atoms with Crippen LogP contribution in [0.4, 0.5) is 0 Å². The first-order valence-corrected chi connectivity index (χ1v) is 8.63. The van der Waals surface area contributed by atoms with Crippen LogP contribution in [0.5, 0.6) is 28.7 Å². The van der Waals surface area contributed by atoms with Gasteiger partial charge in [0.25, 0.3) is 0 Å². The van der Waals surface area contributed by atoms with Crippen molar-refractivity contribution in [1.82, 2.24) is 0 Å². The molecule has 26 heavy (non-hydrogen) atoms. The second kappa shape index (κ2) is 6.56. The van der Waals surface area contributed by atoms with Crippen LogP contribution in [0.2, 0.25) is 10.0 Å². The van der Waals surface area contributed by atoms with Gasteiger partial charge in [0.15, 0.2) is 11.5 Å². The molecule has 0 saturated heterocycles. The molecule has 3 rings (SSSR count). The zero-order valence-corrected chi connectivity index (χ0v) is 16.8. The second-order valence-corrected chi connectivity index (χ2v) is 6.80. The van der Waals surface area contributed by atoms with Crippen molar-refractivity contribution in [3.63, 3.8) is 0 Å². The number of methoxy groups -OCH3 is 2. The van der Waals surface area contributed by atoms with Gasteiger partial charge in [-0.05, 0) is 33.3 Å². The van der Waals surface area contributed by atoms with Crippen molar-refractivity contribution in [3.8, 4) is 28.7 Å². The minimum absolute atomic E-state index is 0.262. The molecule has 0 aromatic heterocycles. The van der Waals surface area contributed by atoms with E-state index in [1.165, 1.54) is 14.2 Å². The summed E-state index contributed by atoms with van der Waals surface area (Å²) in [5, 5.41) is 0.748. The van der Waals surface area contributed by atoms with Gasteiger partial charge in [0.05, 0.1) is 24.3 Å². The molecule has 0 amide bonds. The smallest absolute Gasteiger partial charge is 0.347 e. The molecular formula is C19H18Cl2O5. The molecule has 0 fully saturated rings. The Kier molecular flexibility index (Phi) is 4.71. The van der Waals surface area contributed by atoms with Crippen molar-refractivity contribution < 1.29 is 23.7 Å². The first-order valence-electron chi connectivity index (χ1n) is 7.87. The molecule has 0 bridgehead atoms. The molecule has 0 saturated carbocycles. The summed E-state index contributed by atoms with van der Waals surface area (Å²) in [6.07, 6.45) is 0. The van der Waals surface area contributed by atoms with E-state index < -0.39 is 5.97 Å². The standard InChI is InChI=1S/C19H18Cl2O5/c1-7-11-14(9(3)15(23-5)12(7)20)25-17-8(2)13(21)16(24-6)10(4)18(17)26-19(11)22/h1-6H3. The summed E-state index contributed by atoms with van der Waals surface area (Å²) in [6.45, 7) is 7.02. The number of hydrogen-bond acceptors (Lipinski definition) is 5. The van der Waals surface area contributed by atoms with Gasteiger partial charge in [-0.25, -0.2) is 4.79 Å². The average Bonchev–Trinajstić information content (AvgIpc) is 2.76. The number of fused-ring (bicyclic) bond motifs is 2. The predicted octanol–water partition coefficient (Wildman–Crippen LogP) is 5.57. The van der Waals surface area contributed by atoms with Crippen LogP contribution >= 0.6 is 23.2 Å². The highest BCUT2D eigenvalue weighted by Crippen LogP contribution is 2.52. The molecule has 1 aliphatic heterocycles. The van der Waals surface area contributed by atoms with Crippen LogP contribution in [0.3, 0.4) is 0 Å². The van der Waals surface area contributed by atoms with E-state index in [1.807, 2.05) is 0 Å². The van der Waals surface area contributed by atoms with Crippen molar-refractivity contribution in [2.75, 3.05) is 14.2 Å². The van der Waals surface area contributed by atoms with Crippen LogP contribution in [0.1, 0.15) is 32.6 Å². The third kappa shape index (κ3) is 2.49. The van der Waals surface area contributed by atoms with Crippen LogP contribution in [-0.2, 0) is 0 Å². The summed E-state index contributed by atoms with van der Waals surface area (Å²) in [5.41, 5.74) is 2.57. The Hall–Kier alpha value is -2.11. The van der Waals surface area contributed by atoms with Gasteiger partial charge in [-0.1, -0.05) is 23.2 Å². The lowest BCUT2D eigenvalue weighted by Gasteiger charge is -2.19. The van der Waals surface area contributed by atoms with Gasteiger partial charge in [-0.15, -0.1) is 0 Å². The van der Waals surface area contributed by atoms with Crippen molar-refractivity contribution in [1.29, 1.82) is 0 Å². The van der Waals surface area contributed by atoms with Gasteiger partial charge in [0, 0.05) is 16.7 Å². The van der Waals surface area contributed by atoms with Crippen molar-refractivity contribution in [3.05, 3.63) is 37.9 Å². The first kappa shape index (κ1) is 18.7. The fraction of sp³-hybridized carbons (Fsp3) is 0.316. The summed E-state index contributed by atoms with van der Waals surface area (Å²) >= 11 is 12.8. The molecular weight excluding hydrogens is 379 g/mol. The van der Waals surface area contributed by atoms with Gasteiger partial charge in [-0.3, -0.25) is 0 Å². The molecule has 2 aromatic carbocycles. The highest BCUT2D eigenvalue weighted by atomic mass is 35.5. The zero-order chi connectivity index (χ0) is 19.3. The lowest BCUT2D eigenvalue weighted by molar-refractivity contribution is 0.0735. The third-order valence-electron chi connectivity index (χ3n) is 4.58. The minimum atomic E-state index is -0.559. The topological polar surface area (TPSA) is 54.0 Å². The molecule has 7 heteroatoms. The van der Waals surface area contributed by atoms with E-state index in [1.54, 1.807) is 27.7 Å². The molecule has 0 spiro atoms. The summed E-state index contributed by atoms with van der Waals surface area (Å²) < 4.78 is 22.6. The summed E-state index contributed by atoms with van der Waals surface area (Å²) in [7, 11) is 3.02. The maximum absolute atomic E-state index is 12.9. The summed E-state index contributed by atoms with van der Waals surface area (Å²) in [6, 6.07) is 0. The number of benzene rings is 2. The van der Waals surface area contributed by atoms with Crippen molar-refractivity contribution in [2.24, 2.45) is 0 Å². The minimum Gasteiger partial charge on any atom is -0.495 e. The van der Waals surface area contributed by atoms with E-state index >= 15 is 0 Å². The number of ether oxygens (including phenoxy) is 4. The Morgan fingerprint density at radius 1 is 0.692 bits per heavy atom. The van der Waals surface area contributed by atoms with Crippen LogP contribution in [0, 0.1) is 27.7 Å². The van der Waals surface area contributed by atoms with Crippen LogP contribution in [-0.4, -0.2) is 20.2 Å². The van der Waals surface area contributed by atoms with E-state index in [-0.39, 0.29) is 11.3 Å². The van der Waals surface area contributed by atoms with E-state index in [2.05, 4.69) is 0 Å². The number of carbonyl (C=O) groups excluding carboxylic acids is 1. The Morgan fingerprint density at radius 2 is 1.15 bits per heavy atom. The molecule has 0 radical (unpaired) electrons. The van der Waals surface area contributed by atoms with E-state index in [4.69, 9.17) is 42.1 Å². The SMILES string of the molecule is COc1c(C)c2c(c(C)c1Cl)Oc1c(C)c(OC)c(Cl)c(C)c1C(=O)O2. The number of hydrogen-bond donors (Lipinski definition) is 0. The molecule has 0 unspecified atom stereocenters. The summed E-state index contributed by atoms with van der Waals surface area (Å²) in [5.74, 6) is 1.32. The molecule has 1 heterocycles. The van der Waals surface area contributed by atoms with Gasteiger partial charge in [0.2, 0.25) is 0 Å². The maximum atomic E-state index is 12.9. The van der Waals surface area contributed by atoms with Crippen LogP contribution < -0.4 is 18.9 Å². The highest BCUT2D eigenvalue weighted by Gasteiger charge is 2.34. The molecule has 5 nitrogen and oxygen atoms in total. The average molecular weight is 397 g/mol. The zero-order valence-electron chi connectivity index (χ0n) is 15.3. The Labute approximate surface area is 161 Å². The monoisotopic (exact) mass is 396 g/mol. The number of esters is 1. The quantitative estimate of drug-likeness (QED) is 0.490. The van der Waals surface area contributed by atoms with E-state index in [9.17, 15) is 4.79 Å². The first-order chi connectivity index (χ1) is 12.2. The molecule has 2 aromatic rings. The second-order valence-electron chi connectivity index (χ2n) is 6.05. The van der Waals surface area contributed by atoms with Crippen molar-refractivity contribution in [2.45, 2.75) is 27.7 Å². The van der Waals surface area contributed by atoms with E-state index in [0.717, 1.165) is 0 Å². The number of carbonyl (C=O) groups is 1. The van der Waals surface area contributed by atoms with Crippen LogP contribution in [0.15, 0.2) is 0 Å². The maximum Gasteiger partial charge on any atom is 0.347 e. The molecule has 0 atom stereocenters. The molecule has 0 aliphatic carbocycles. The lowest BCUT2D eigenvalue weighted by atomic mass is 10.0. The van der Waals surface area contributed by atoms with Gasteiger partial charge < -0.3 is 18.9 Å². The number of halogens is 2. The third-order valence-corrected chi connectivity index (χ3v) is 5.49. The van der Waals surface area contributed by atoms with Crippen molar-refractivity contribution >= 4 is 29.2 Å². The fourth-order valence-corrected chi connectivity index (χ4v) is 3.75. The lowest BCUT2D eigenvalue weighted by Crippen LogP contribution is -2.11. The Morgan fingerprint density at radius 3 is 1.69 bits per heavy atom. The molecule has 1 aliphatic rings. The van der Waals surface area contributed by atoms with Gasteiger partial charge in [0.1, 0.15) is 22.8 Å². The highest BCUT2D eigenvalue weighted by molar-refractivity contribution is 6.34.